The molecule has 1 aliphatic heterocycles. The molecule has 1 saturated heterocycles. The molecule has 0 aromatic rings. The summed E-state index contributed by atoms with van der Waals surface area (Å²) < 4.78 is 0. The van der Waals surface area contributed by atoms with Crippen molar-refractivity contribution in [2.24, 2.45) is 11.1 Å². The first-order chi connectivity index (χ1) is 9.47. The lowest BCUT2D eigenvalue weighted by atomic mass is 9.71. The number of nitrogens with one attached hydrogen (secondary N) is 1. The largest absolute Gasteiger partial charge is 0.344 e. The average Bonchev–Trinajstić information content (AvgIpc) is 2.67. The fourth-order valence-corrected chi connectivity index (χ4v) is 3.21. The molecule has 2 rings (SSSR count). The van der Waals surface area contributed by atoms with Crippen LogP contribution < -0.4 is 11.1 Å². The molecule has 2 fully saturated rings. The number of rotatable bonds is 4. The zero-order chi connectivity index (χ0) is 14.8. The van der Waals surface area contributed by atoms with E-state index >= 15 is 0 Å². The van der Waals surface area contributed by atoms with Crippen LogP contribution in [0.4, 0.5) is 0 Å². The van der Waals surface area contributed by atoms with Crippen LogP contribution in [0.1, 0.15) is 44.9 Å². The Morgan fingerprint density at radius 2 is 2.00 bits per heavy atom. The monoisotopic (exact) mass is 281 g/mol. The maximum Gasteiger partial charge on any atom is 0.252 e. The highest BCUT2D eigenvalue weighted by Gasteiger charge is 2.39. The normalized spacial score (nSPS) is 25.9. The first-order valence-electron chi connectivity index (χ1n) is 7.27. The van der Waals surface area contributed by atoms with Gasteiger partial charge in [0, 0.05) is 13.5 Å². The minimum absolute atomic E-state index is 0.0662. The van der Waals surface area contributed by atoms with Crippen molar-refractivity contribution >= 4 is 17.7 Å². The molecule has 0 radical (unpaired) electrons. The molecule has 0 aromatic carbocycles. The highest BCUT2D eigenvalue weighted by Crippen LogP contribution is 2.38. The average molecular weight is 281 g/mol. The molecule has 3 N–H and O–H groups in total. The van der Waals surface area contributed by atoms with E-state index in [1.807, 2.05) is 0 Å². The number of likely N-dealkylation sites (N-methyl/N-ethyl adjacent to an activating group) is 1. The van der Waals surface area contributed by atoms with Gasteiger partial charge in [0.1, 0.15) is 6.04 Å². The first kappa shape index (κ1) is 15.0. The van der Waals surface area contributed by atoms with Gasteiger partial charge in [-0.15, -0.1) is 0 Å². The van der Waals surface area contributed by atoms with E-state index in [4.69, 9.17) is 5.73 Å². The Morgan fingerprint density at radius 3 is 2.50 bits per heavy atom. The molecule has 112 valence electrons. The molecule has 1 atom stereocenters. The summed E-state index contributed by atoms with van der Waals surface area (Å²) in [6.45, 7) is 0.498. The lowest BCUT2D eigenvalue weighted by Crippen LogP contribution is -2.44. The van der Waals surface area contributed by atoms with Crippen LogP contribution in [0, 0.1) is 5.41 Å². The van der Waals surface area contributed by atoms with Crippen molar-refractivity contribution in [1.29, 1.82) is 0 Å². The highest BCUT2D eigenvalue weighted by molar-refractivity contribution is 6.06. The maximum absolute atomic E-state index is 12.1. The minimum atomic E-state index is -0.696. The van der Waals surface area contributed by atoms with Gasteiger partial charge in [-0.1, -0.05) is 19.3 Å². The van der Waals surface area contributed by atoms with Gasteiger partial charge in [-0.3, -0.25) is 19.3 Å². The van der Waals surface area contributed by atoms with Crippen molar-refractivity contribution in [2.75, 3.05) is 13.6 Å². The second-order valence-electron chi connectivity index (χ2n) is 6.06. The summed E-state index contributed by atoms with van der Waals surface area (Å²) in [5, 5.41) is 2.69. The third kappa shape index (κ3) is 3.00. The second-order valence-corrected chi connectivity index (χ2v) is 6.06. The number of carbonyl (C=O) groups excluding carboxylic acids is 3. The fourth-order valence-electron chi connectivity index (χ4n) is 3.21. The Hall–Kier alpha value is -1.43. The van der Waals surface area contributed by atoms with Gasteiger partial charge in [-0.2, -0.15) is 0 Å². The van der Waals surface area contributed by atoms with E-state index in [2.05, 4.69) is 5.32 Å². The van der Waals surface area contributed by atoms with Crippen molar-refractivity contribution in [2.45, 2.75) is 51.0 Å². The molecular weight excluding hydrogens is 258 g/mol. The first-order valence-corrected chi connectivity index (χ1v) is 7.27. The smallest absolute Gasteiger partial charge is 0.252 e. The Labute approximate surface area is 119 Å². The van der Waals surface area contributed by atoms with Crippen molar-refractivity contribution in [3.05, 3.63) is 0 Å². The Bertz CT molecular complexity index is 416. The van der Waals surface area contributed by atoms with Gasteiger partial charge < -0.3 is 11.1 Å². The number of hydrogen-bond donors (Lipinski definition) is 2. The van der Waals surface area contributed by atoms with Gasteiger partial charge in [0.25, 0.3) is 5.91 Å². The second kappa shape index (κ2) is 5.91. The molecule has 2 aliphatic rings. The van der Waals surface area contributed by atoms with Gasteiger partial charge in [-0.25, -0.2) is 0 Å². The number of likely N-dealkylation sites (tertiary alicyclic amines) is 1. The Kier molecular flexibility index (Phi) is 4.42. The molecule has 1 heterocycles. The summed E-state index contributed by atoms with van der Waals surface area (Å²) in [7, 11) is 1.44. The summed E-state index contributed by atoms with van der Waals surface area (Å²) in [5.41, 5.74) is 5.73. The zero-order valence-electron chi connectivity index (χ0n) is 12.0. The lowest BCUT2D eigenvalue weighted by molar-refractivity contribution is -0.138. The van der Waals surface area contributed by atoms with Crippen LogP contribution in [-0.2, 0) is 14.4 Å². The van der Waals surface area contributed by atoms with E-state index in [0.717, 1.165) is 30.6 Å². The number of amides is 3. The fraction of sp³-hybridized carbons (Fsp3) is 0.786. The van der Waals surface area contributed by atoms with E-state index in [0.29, 0.717) is 13.0 Å². The standard InChI is InChI=1S/C14H23N3O3/c1-17-12(19)7-10(13(17)20)16-11(18)8-14(9-15)5-3-2-4-6-14/h10H,2-9,15H2,1H3,(H,16,18). The number of imide groups is 1. The summed E-state index contributed by atoms with van der Waals surface area (Å²) >= 11 is 0. The van der Waals surface area contributed by atoms with Gasteiger partial charge >= 0.3 is 0 Å². The number of nitrogens with two attached hydrogens (primary N) is 1. The molecule has 6 nitrogen and oxygen atoms in total. The summed E-state index contributed by atoms with van der Waals surface area (Å²) in [6, 6.07) is -0.696. The maximum atomic E-state index is 12.1. The van der Waals surface area contributed by atoms with Crippen LogP contribution in [0.3, 0.4) is 0 Å². The molecule has 0 aromatic heterocycles. The number of carbonyl (C=O) groups is 3. The van der Waals surface area contributed by atoms with Crippen LogP contribution in [0.2, 0.25) is 0 Å². The molecular formula is C14H23N3O3. The molecule has 0 bridgehead atoms. The topological polar surface area (TPSA) is 92.5 Å². The summed E-state index contributed by atoms with van der Waals surface area (Å²) in [5.74, 6) is -0.737. The van der Waals surface area contributed by atoms with Gasteiger partial charge in [0.15, 0.2) is 0 Å². The zero-order valence-corrected chi connectivity index (χ0v) is 12.0. The van der Waals surface area contributed by atoms with Gasteiger partial charge in [0.2, 0.25) is 11.8 Å². The van der Waals surface area contributed by atoms with E-state index < -0.39 is 6.04 Å². The lowest BCUT2D eigenvalue weighted by Gasteiger charge is -2.35. The quantitative estimate of drug-likeness (QED) is 0.718. The Morgan fingerprint density at radius 1 is 1.35 bits per heavy atom. The predicted octanol–water partition coefficient (Wildman–Crippen LogP) is 0.159. The number of nitrogens with zero attached hydrogens (tertiary/aromatic N) is 1. The van der Waals surface area contributed by atoms with E-state index in [9.17, 15) is 14.4 Å². The SMILES string of the molecule is CN1C(=O)CC(NC(=O)CC2(CN)CCCCC2)C1=O. The van der Waals surface area contributed by atoms with E-state index in [1.54, 1.807) is 0 Å². The predicted molar refractivity (Wildman–Crippen MR) is 73.5 cm³/mol. The molecule has 0 spiro atoms. The van der Waals surface area contributed by atoms with Crippen LogP contribution >= 0.6 is 0 Å². The van der Waals surface area contributed by atoms with E-state index in [-0.39, 0.29) is 29.6 Å². The van der Waals surface area contributed by atoms with E-state index in [1.165, 1.54) is 13.5 Å². The third-order valence-electron chi connectivity index (χ3n) is 4.60. The van der Waals surface area contributed by atoms with Gasteiger partial charge in [-0.05, 0) is 24.8 Å². The third-order valence-corrected chi connectivity index (χ3v) is 4.60. The van der Waals surface area contributed by atoms with Crippen LogP contribution in [-0.4, -0.2) is 42.3 Å². The molecule has 20 heavy (non-hydrogen) atoms. The molecule has 1 saturated carbocycles. The molecule has 6 heteroatoms. The molecule has 1 unspecified atom stereocenters. The Balaban J connectivity index is 1.92. The van der Waals surface area contributed by atoms with Crippen molar-refractivity contribution in [1.82, 2.24) is 10.2 Å². The van der Waals surface area contributed by atoms with Crippen molar-refractivity contribution in [3.63, 3.8) is 0 Å². The van der Waals surface area contributed by atoms with Gasteiger partial charge in [0.05, 0.1) is 6.42 Å². The highest BCUT2D eigenvalue weighted by atomic mass is 16.2. The molecule has 1 aliphatic carbocycles. The number of hydrogen-bond acceptors (Lipinski definition) is 4. The van der Waals surface area contributed by atoms with Crippen LogP contribution in [0.5, 0.6) is 0 Å². The van der Waals surface area contributed by atoms with Crippen molar-refractivity contribution < 1.29 is 14.4 Å². The van der Waals surface area contributed by atoms with Crippen molar-refractivity contribution in [3.8, 4) is 0 Å². The van der Waals surface area contributed by atoms with Crippen LogP contribution in [0.15, 0.2) is 0 Å². The minimum Gasteiger partial charge on any atom is -0.344 e. The van der Waals surface area contributed by atoms with Crippen LogP contribution in [0.25, 0.3) is 0 Å². The summed E-state index contributed by atoms with van der Waals surface area (Å²) in [6.07, 6.45) is 5.76. The molecule has 3 amide bonds. The summed E-state index contributed by atoms with van der Waals surface area (Å²) in [4.78, 5) is 36.4.